The van der Waals surface area contributed by atoms with Gasteiger partial charge in [-0.2, -0.15) is 0 Å². The Balaban J connectivity index is 2.28. The van der Waals surface area contributed by atoms with E-state index in [2.05, 4.69) is 18.7 Å². The molecule has 0 radical (unpaired) electrons. The Bertz CT molecular complexity index is 195. The van der Waals surface area contributed by atoms with E-state index in [4.69, 9.17) is 18.0 Å². The van der Waals surface area contributed by atoms with E-state index in [9.17, 15) is 0 Å². The van der Waals surface area contributed by atoms with Gasteiger partial charge in [0.1, 0.15) is 0 Å². The summed E-state index contributed by atoms with van der Waals surface area (Å²) >= 11 is 5.06. The van der Waals surface area contributed by atoms with E-state index in [1.807, 2.05) is 0 Å². The molecule has 1 aliphatic heterocycles. The van der Waals surface area contributed by atoms with Crippen LogP contribution >= 0.6 is 12.2 Å². The highest BCUT2D eigenvalue weighted by molar-refractivity contribution is 7.80. The van der Waals surface area contributed by atoms with Crippen molar-refractivity contribution in [3.63, 3.8) is 0 Å². The number of nitrogens with zero attached hydrogens (tertiary/aromatic N) is 1. The van der Waals surface area contributed by atoms with E-state index < -0.39 is 0 Å². The van der Waals surface area contributed by atoms with Gasteiger partial charge < -0.3 is 10.6 Å². The molecule has 0 aromatic rings. The predicted molar refractivity (Wildman–Crippen MR) is 65.5 cm³/mol. The SMILES string of the molecule is CC(C)(CCN1CCCCC1)C(N)=S. The summed E-state index contributed by atoms with van der Waals surface area (Å²) in [5.41, 5.74) is 5.72. The molecule has 0 bridgehead atoms. The second-order valence-corrected chi connectivity index (χ2v) is 5.34. The van der Waals surface area contributed by atoms with E-state index in [1.165, 1.54) is 32.4 Å². The van der Waals surface area contributed by atoms with Gasteiger partial charge in [0.25, 0.3) is 0 Å². The molecule has 0 spiro atoms. The summed E-state index contributed by atoms with van der Waals surface area (Å²) in [5, 5.41) is 0. The molecule has 1 heterocycles. The second kappa shape index (κ2) is 5.08. The van der Waals surface area contributed by atoms with Crippen molar-refractivity contribution in [2.75, 3.05) is 19.6 Å². The standard InChI is InChI=1S/C11H22N2S/c1-11(2,10(12)14)6-9-13-7-4-3-5-8-13/h3-9H2,1-2H3,(H2,12,14). The molecule has 1 fully saturated rings. The molecule has 0 atom stereocenters. The van der Waals surface area contributed by atoms with Crippen molar-refractivity contribution in [1.82, 2.24) is 4.90 Å². The van der Waals surface area contributed by atoms with Gasteiger partial charge in [-0.05, 0) is 38.9 Å². The Kier molecular flexibility index (Phi) is 4.32. The number of likely N-dealkylation sites (tertiary alicyclic amines) is 1. The lowest BCUT2D eigenvalue weighted by molar-refractivity contribution is 0.209. The highest BCUT2D eigenvalue weighted by Gasteiger charge is 2.22. The molecule has 2 nitrogen and oxygen atoms in total. The summed E-state index contributed by atoms with van der Waals surface area (Å²) in [7, 11) is 0. The summed E-state index contributed by atoms with van der Waals surface area (Å²) in [5.74, 6) is 0. The molecule has 0 saturated carbocycles. The topological polar surface area (TPSA) is 29.3 Å². The lowest BCUT2D eigenvalue weighted by Crippen LogP contribution is -2.37. The maximum atomic E-state index is 5.70. The van der Waals surface area contributed by atoms with Crippen molar-refractivity contribution in [3.8, 4) is 0 Å². The molecule has 1 saturated heterocycles. The van der Waals surface area contributed by atoms with Gasteiger partial charge in [0.15, 0.2) is 0 Å². The molecule has 82 valence electrons. The molecule has 1 aliphatic rings. The zero-order chi connectivity index (χ0) is 10.6. The minimum atomic E-state index is 0.0206. The zero-order valence-electron chi connectivity index (χ0n) is 9.38. The Labute approximate surface area is 92.8 Å². The molecular weight excluding hydrogens is 192 g/mol. The number of thiocarbonyl (C=S) groups is 1. The van der Waals surface area contributed by atoms with E-state index >= 15 is 0 Å². The first-order chi connectivity index (χ1) is 6.52. The van der Waals surface area contributed by atoms with Crippen LogP contribution in [0.15, 0.2) is 0 Å². The van der Waals surface area contributed by atoms with Gasteiger partial charge in [-0.3, -0.25) is 0 Å². The van der Waals surface area contributed by atoms with Crippen molar-refractivity contribution < 1.29 is 0 Å². The van der Waals surface area contributed by atoms with Gasteiger partial charge in [-0.1, -0.05) is 32.5 Å². The van der Waals surface area contributed by atoms with E-state index in [-0.39, 0.29) is 5.41 Å². The molecule has 3 heteroatoms. The maximum Gasteiger partial charge on any atom is 0.0784 e. The van der Waals surface area contributed by atoms with Crippen LogP contribution in [-0.2, 0) is 0 Å². The van der Waals surface area contributed by atoms with Gasteiger partial charge in [0, 0.05) is 5.41 Å². The van der Waals surface area contributed by atoms with Crippen LogP contribution < -0.4 is 5.73 Å². The highest BCUT2D eigenvalue weighted by atomic mass is 32.1. The molecule has 0 aromatic carbocycles. The fraction of sp³-hybridized carbons (Fsp3) is 0.909. The predicted octanol–water partition coefficient (Wildman–Crippen LogP) is 2.17. The number of hydrogen-bond donors (Lipinski definition) is 1. The minimum Gasteiger partial charge on any atom is -0.393 e. The molecule has 1 rings (SSSR count). The van der Waals surface area contributed by atoms with Crippen LogP contribution in [0.2, 0.25) is 0 Å². The van der Waals surface area contributed by atoms with Gasteiger partial charge in [-0.15, -0.1) is 0 Å². The molecule has 0 amide bonds. The van der Waals surface area contributed by atoms with Crippen LogP contribution in [-0.4, -0.2) is 29.5 Å². The average molecular weight is 214 g/mol. The molecule has 2 N–H and O–H groups in total. The zero-order valence-corrected chi connectivity index (χ0v) is 10.2. The minimum absolute atomic E-state index is 0.0206. The lowest BCUT2D eigenvalue weighted by atomic mass is 9.89. The van der Waals surface area contributed by atoms with Crippen molar-refractivity contribution in [2.45, 2.75) is 39.5 Å². The summed E-state index contributed by atoms with van der Waals surface area (Å²) in [4.78, 5) is 3.18. The van der Waals surface area contributed by atoms with Gasteiger partial charge >= 0.3 is 0 Å². The van der Waals surface area contributed by atoms with Crippen molar-refractivity contribution in [1.29, 1.82) is 0 Å². The third-order valence-corrected chi connectivity index (χ3v) is 3.72. The number of nitrogens with two attached hydrogens (primary N) is 1. The largest absolute Gasteiger partial charge is 0.393 e. The summed E-state index contributed by atoms with van der Waals surface area (Å²) in [6, 6.07) is 0. The van der Waals surface area contributed by atoms with Crippen LogP contribution in [0.1, 0.15) is 39.5 Å². The Morgan fingerprint density at radius 1 is 1.29 bits per heavy atom. The van der Waals surface area contributed by atoms with Crippen LogP contribution in [0, 0.1) is 5.41 Å². The quantitative estimate of drug-likeness (QED) is 0.727. The van der Waals surface area contributed by atoms with Crippen LogP contribution in [0.4, 0.5) is 0 Å². The molecule has 0 unspecified atom stereocenters. The van der Waals surface area contributed by atoms with Crippen molar-refractivity contribution in [3.05, 3.63) is 0 Å². The van der Waals surface area contributed by atoms with Gasteiger partial charge in [0.05, 0.1) is 4.99 Å². The van der Waals surface area contributed by atoms with Crippen LogP contribution in [0.25, 0.3) is 0 Å². The average Bonchev–Trinajstić information content (AvgIpc) is 2.16. The van der Waals surface area contributed by atoms with E-state index in [1.54, 1.807) is 0 Å². The summed E-state index contributed by atoms with van der Waals surface area (Å²) in [6.45, 7) is 7.93. The Hall–Kier alpha value is -0.150. The van der Waals surface area contributed by atoms with Gasteiger partial charge in [0.2, 0.25) is 0 Å². The van der Waals surface area contributed by atoms with Crippen LogP contribution in [0.3, 0.4) is 0 Å². The maximum absolute atomic E-state index is 5.70. The first-order valence-corrected chi connectivity index (χ1v) is 5.95. The Morgan fingerprint density at radius 3 is 2.36 bits per heavy atom. The van der Waals surface area contributed by atoms with Crippen molar-refractivity contribution in [2.24, 2.45) is 11.1 Å². The van der Waals surface area contributed by atoms with Crippen LogP contribution in [0.5, 0.6) is 0 Å². The first kappa shape index (κ1) is 11.9. The van der Waals surface area contributed by atoms with E-state index in [0.29, 0.717) is 4.99 Å². The van der Waals surface area contributed by atoms with Crippen molar-refractivity contribution >= 4 is 17.2 Å². The third-order valence-electron chi connectivity index (χ3n) is 3.17. The number of piperidine rings is 1. The highest BCUT2D eigenvalue weighted by Crippen LogP contribution is 2.22. The monoisotopic (exact) mass is 214 g/mol. The summed E-state index contributed by atoms with van der Waals surface area (Å²) < 4.78 is 0. The lowest BCUT2D eigenvalue weighted by Gasteiger charge is -2.30. The molecule has 14 heavy (non-hydrogen) atoms. The fourth-order valence-electron chi connectivity index (χ4n) is 1.74. The number of hydrogen-bond acceptors (Lipinski definition) is 2. The molecule has 0 aliphatic carbocycles. The first-order valence-electron chi connectivity index (χ1n) is 5.55. The van der Waals surface area contributed by atoms with Gasteiger partial charge in [-0.25, -0.2) is 0 Å². The second-order valence-electron chi connectivity index (χ2n) is 4.90. The smallest absolute Gasteiger partial charge is 0.0784 e. The van der Waals surface area contributed by atoms with E-state index in [0.717, 1.165) is 13.0 Å². The third kappa shape index (κ3) is 3.54. The normalized spacial score (nSPS) is 19.6. The summed E-state index contributed by atoms with van der Waals surface area (Å²) in [6.07, 6.45) is 5.19. The fourth-order valence-corrected chi connectivity index (χ4v) is 1.85. The Morgan fingerprint density at radius 2 is 1.86 bits per heavy atom. The number of rotatable bonds is 4. The molecule has 0 aromatic heterocycles. The molecular formula is C11H22N2S.